The zero-order valence-corrected chi connectivity index (χ0v) is 13.5. The van der Waals surface area contributed by atoms with Crippen molar-refractivity contribution in [2.24, 2.45) is 10.9 Å². The maximum atomic E-state index is 4.70. The Morgan fingerprint density at radius 1 is 1.14 bits per heavy atom. The molecule has 1 unspecified atom stereocenters. The van der Waals surface area contributed by atoms with Gasteiger partial charge < -0.3 is 5.32 Å². The van der Waals surface area contributed by atoms with Crippen LogP contribution in [0.1, 0.15) is 26.7 Å². The molecule has 3 heteroatoms. The van der Waals surface area contributed by atoms with Crippen LogP contribution in [-0.2, 0) is 0 Å². The number of benzene rings is 2. The molecule has 1 aliphatic heterocycles. The first-order chi connectivity index (χ1) is 10.3. The minimum atomic E-state index is 0.637. The van der Waals surface area contributed by atoms with E-state index in [0.29, 0.717) is 5.25 Å². The molecule has 1 N–H and O–H groups in total. The van der Waals surface area contributed by atoms with Gasteiger partial charge in [-0.2, -0.15) is 0 Å². The summed E-state index contributed by atoms with van der Waals surface area (Å²) in [6.45, 7) is 5.51. The number of amidine groups is 1. The van der Waals surface area contributed by atoms with Crippen molar-refractivity contribution in [3.05, 3.63) is 42.5 Å². The van der Waals surface area contributed by atoms with Crippen molar-refractivity contribution in [1.82, 2.24) is 0 Å². The Hall–Kier alpha value is -1.48. The standard InChI is InChI=1S/C18H22N2S/c1-3-13(4-2)17-12-19-18(21-17)20-16-11-7-9-14-8-5-6-10-15(14)16/h5-11,13,17H,3-4,12H2,1-2H3,(H,19,20). The fourth-order valence-electron chi connectivity index (χ4n) is 2.97. The predicted molar refractivity (Wildman–Crippen MR) is 95.3 cm³/mol. The van der Waals surface area contributed by atoms with Gasteiger partial charge in [0.1, 0.15) is 0 Å². The zero-order chi connectivity index (χ0) is 14.7. The number of anilines is 1. The molecule has 1 atom stereocenters. The number of rotatable bonds is 4. The SMILES string of the molecule is CCC(CC)C1CN=C(Nc2cccc3ccccc23)S1. The number of nitrogens with one attached hydrogen (secondary N) is 1. The van der Waals surface area contributed by atoms with Crippen LogP contribution in [0.3, 0.4) is 0 Å². The molecule has 2 aromatic rings. The molecule has 21 heavy (non-hydrogen) atoms. The third-order valence-electron chi connectivity index (χ3n) is 4.28. The second-order valence-corrected chi connectivity index (χ2v) is 6.76. The van der Waals surface area contributed by atoms with E-state index in [2.05, 4.69) is 61.6 Å². The number of thioether (sulfide) groups is 1. The summed E-state index contributed by atoms with van der Waals surface area (Å²) in [7, 11) is 0. The minimum absolute atomic E-state index is 0.637. The number of aliphatic imine (C=N–C) groups is 1. The highest BCUT2D eigenvalue weighted by Crippen LogP contribution is 2.32. The van der Waals surface area contributed by atoms with Gasteiger partial charge in [-0.05, 0) is 17.4 Å². The molecule has 1 aliphatic rings. The van der Waals surface area contributed by atoms with E-state index in [-0.39, 0.29) is 0 Å². The number of hydrogen-bond acceptors (Lipinski definition) is 3. The van der Waals surface area contributed by atoms with Gasteiger partial charge in [0.2, 0.25) is 0 Å². The van der Waals surface area contributed by atoms with E-state index >= 15 is 0 Å². The van der Waals surface area contributed by atoms with Gasteiger partial charge in [0.25, 0.3) is 0 Å². The molecule has 3 rings (SSSR count). The average Bonchev–Trinajstić information content (AvgIpc) is 2.97. The first kappa shape index (κ1) is 14.5. The Kier molecular flexibility index (Phi) is 4.49. The quantitative estimate of drug-likeness (QED) is 0.843. The molecule has 110 valence electrons. The molecular formula is C18H22N2S. The van der Waals surface area contributed by atoms with Crippen molar-refractivity contribution in [3.63, 3.8) is 0 Å². The van der Waals surface area contributed by atoms with Crippen LogP contribution in [0.15, 0.2) is 47.5 Å². The van der Waals surface area contributed by atoms with E-state index < -0.39 is 0 Å². The van der Waals surface area contributed by atoms with E-state index in [9.17, 15) is 0 Å². The molecule has 0 radical (unpaired) electrons. The molecule has 0 saturated heterocycles. The Balaban J connectivity index is 1.75. The van der Waals surface area contributed by atoms with Crippen LogP contribution in [0.5, 0.6) is 0 Å². The molecule has 0 aliphatic carbocycles. The highest BCUT2D eigenvalue weighted by Gasteiger charge is 2.26. The van der Waals surface area contributed by atoms with Gasteiger partial charge in [-0.1, -0.05) is 74.8 Å². The number of hydrogen-bond donors (Lipinski definition) is 1. The van der Waals surface area contributed by atoms with Crippen molar-refractivity contribution in [2.45, 2.75) is 31.9 Å². The number of fused-ring (bicyclic) bond motifs is 1. The van der Waals surface area contributed by atoms with Crippen LogP contribution in [0.2, 0.25) is 0 Å². The summed E-state index contributed by atoms with van der Waals surface area (Å²) in [5, 5.41) is 7.76. The summed E-state index contributed by atoms with van der Waals surface area (Å²) in [5.41, 5.74) is 1.16. The minimum Gasteiger partial charge on any atom is -0.334 e. The number of nitrogens with zero attached hydrogens (tertiary/aromatic N) is 1. The highest BCUT2D eigenvalue weighted by molar-refractivity contribution is 8.15. The van der Waals surface area contributed by atoms with Crippen LogP contribution in [0, 0.1) is 5.92 Å². The topological polar surface area (TPSA) is 24.4 Å². The van der Waals surface area contributed by atoms with Crippen LogP contribution in [0.25, 0.3) is 10.8 Å². The van der Waals surface area contributed by atoms with Crippen molar-refractivity contribution in [1.29, 1.82) is 0 Å². The molecule has 0 amide bonds. The summed E-state index contributed by atoms with van der Waals surface area (Å²) >= 11 is 1.91. The van der Waals surface area contributed by atoms with Crippen molar-refractivity contribution < 1.29 is 0 Å². The molecule has 0 spiro atoms. The Labute approximate surface area is 131 Å². The van der Waals surface area contributed by atoms with E-state index in [1.54, 1.807) is 0 Å². The maximum Gasteiger partial charge on any atom is 0.161 e. The molecule has 0 fully saturated rings. The first-order valence-electron chi connectivity index (χ1n) is 7.77. The summed E-state index contributed by atoms with van der Waals surface area (Å²) < 4.78 is 0. The lowest BCUT2D eigenvalue weighted by molar-refractivity contribution is 0.479. The maximum absolute atomic E-state index is 4.70. The van der Waals surface area contributed by atoms with Gasteiger partial charge in [-0.15, -0.1) is 0 Å². The molecule has 2 nitrogen and oxygen atoms in total. The van der Waals surface area contributed by atoms with E-state index in [4.69, 9.17) is 4.99 Å². The molecule has 2 aromatic carbocycles. The smallest absolute Gasteiger partial charge is 0.161 e. The van der Waals surface area contributed by atoms with E-state index in [1.807, 2.05) is 11.8 Å². The van der Waals surface area contributed by atoms with Gasteiger partial charge in [0, 0.05) is 16.3 Å². The fraction of sp³-hybridized carbons (Fsp3) is 0.389. The lowest BCUT2D eigenvalue weighted by Gasteiger charge is -2.18. The third kappa shape index (κ3) is 3.08. The second kappa shape index (κ2) is 6.52. The van der Waals surface area contributed by atoms with Crippen molar-refractivity contribution >= 4 is 33.4 Å². The third-order valence-corrected chi connectivity index (χ3v) is 5.57. The van der Waals surface area contributed by atoms with Gasteiger partial charge in [0.15, 0.2) is 5.17 Å². The monoisotopic (exact) mass is 298 g/mol. The van der Waals surface area contributed by atoms with E-state index in [0.717, 1.165) is 23.3 Å². The van der Waals surface area contributed by atoms with Crippen LogP contribution in [0.4, 0.5) is 5.69 Å². The Morgan fingerprint density at radius 2 is 1.90 bits per heavy atom. The van der Waals surface area contributed by atoms with E-state index in [1.165, 1.54) is 23.6 Å². The second-order valence-electron chi connectivity index (χ2n) is 5.53. The zero-order valence-electron chi connectivity index (χ0n) is 12.7. The largest absolute Gasteiger partial charge is 0.334 e. The molecule has 0 saturated carbocycles. The summed E-state index contributed by atoms with van der Waals surface area (Å²) in [6, 6.07) is 14.9. The summed E-state index contributed by atoms with van der Waals surface area (Å²) in [4.78, 5) is 4.70. The van der Waals surface area contributed by atoms with Crippen LogP contribution >= 0.6 is 11.8 Å². The molecular weight excluding hydrogens is 276 g/mol. The van der Waals surface area contributed by atoms with Crippen LogP contribution in [-0.4, -0.2) is 17.0 Å². The lowest BCUT2D eigenvalue weighted by atomic mass is 9.99. The van der Waals surface area contributed by atoms with Gasteiger partial charge in [-0.3, -0.25) is 4.99 Å². The Morgan fingerprint density at radius 3 is 2.71 bits per heavy atom. The Bertz CT molecular complexity index is 641. The van der Waals surface area contributed by atoms with Gasteiger partial charge >= 0.3 is 0 Å². The van der Waals surface area contributed by atoms with Crippen LogP contribution < -0.4 is 5.32 Å². The van der Waals surface area contributed by atoms with Gasteiger partial charge in [0.05, 0.1) is 6.54 Å². The lowest BCUT2D eigenvalue weighted by Crippen LogP contribution is -2.17. The highest BCUT2D eigenvalue weighted by atomic mass is 32.2. The molecule has 1 heterocycles. The van der Waals surface area contributed by atoms with Gasteiger partial charge in [-0.25, -0.2) is 0 Å². The van der Waals surface area contributed by atoms with Crippen molar-refractivity contribution in [2.75, 3.05) is 11.9 Å². The summed E-state index contributed by atoms with van der Waals surface area (Å²) in [5.74, 6) is 0.769. The predicted octanol–water partition coefficient (Wildman–Crippen LogP) is 5.16. The normalized spacial score (nSPS) is 18.2. The first-order valence-corrected chi connectivity index (χ1v) is 8.65. The summed E-state index contributed by atoms with van der Waals surface area (Å²) in [6.07, 6.45) is 2.48. The molecule has 0 aromatic heterocycles. The van der Waals surface area contributed by atoms with Crippen molar-refractivity contribution in [3.8, 4) is 0 Å². The average molecular weight is 298 g/mol. The molecule has 0 bridgehead atoms. The fourth-order valence-corrected chi connectivity index (χ4v) is 4.30.